The van der Waals surface area contributed by atoms with Crippen LogP contribution in [0.3, 0.4) is 0 Å². The highest BCUT2D eigenvalue weighted by Crippen LogP contribution is 2.14. The van der Waals surface area contributed by atoms with Gasteiger partial charge in [-0.3, -0.25) is 18.7 Å². The number of nitrogens with one attached hydrogen (secondary N) is 1. The molecule has 2 aromatic heterocycles. The predicted octanol–water partition coefficient (Wildman–Crippen LogP) is -2.61. The van der Waals surface area contributed by atoms with E-state index in [9.17, 15) is 14.4 Å². The van der Waals surface area contributed by atoms with Crippen LogP contribution in [0.1, 0.15) is 11.4 Å². The highest BCUT2D eigenvalue weighted by atomic mass is 16.3. The van der Waals surface area contributed by atoms with Gasteiger partial charge in [0.05, 0.1) is 13.0 Å². The van der Waals surface area contributed by atoms with Gasteiger partial charge in [0.15, 0.2) is 11.2 Å². The maximum atomic E-state index is 12.8. The quantitative estimate of drug-likeness (QED) is 0.454. The standard InChI is InChI=1S/C18H22BN5O4/c1-22-16-15(17(27)23(2)18(22)28)24(10-11-4-3-5-12(19)8-11)13(21-16)9-14(26)20-6-7-25/h3-5,8,25H,6-7,9-10,19H2,1-2H3,(H,20,26). The normalized spacial score (nSPS) is 11.1. The van der Waals surface area contributed by atoms with Crippen LogP contribution in [-0.2, 0) is 31.9 Å². The summed E-state index contributed by atoms with van der Waals surface area (Å²) in [7, 11) is 4.94. The molecule has 1 amide bonds. The number of imidazole rings is 1. The zero-order valence-electron chi connectivity index (χ0n) is 16.1. The molecule has 3 rings (SSSR count). The van der Waals surface area contributed by atoms with E-state index in [0.29, 0.717) is 12.4 Å². The summed E-state index contributed by atoms with van der Waals surface area (Å²) in [6, 6.07) is 7.82. The SMILES string of the molecule is Bc1cccc(Cn2c(CC(=O)NCCO)nc3c2c(=O)n(C)c(=O)n3C)c1. The molecule has 0 spiro atoms. The lowest BCUT2D eigenvalue weighted by atomic mass is 9.94. The lowest BCUT2D eigenvalue weighted by molar-refractivity contribution is -0.120. The minimum Gasteiger partial charge on any atom is -0.395 e. The Kier molecular flexibility index (Phi) is 5.50. The average molecular weight is 383 g/mol. The first-order valence-corrected chi connectivity index (χ1v) is 8.91. The van der Waals surface area contributed by atoms with Crippen LogP contribution < -0.4 is 22.0 Å². The van der Waals surface area contributed by atoms with Crippen molar-refractivity contribution in [2.75, 3.05) is 13.2 Å². The van der Waals surface area contributed by atoms with Crippen molar-refractivity contribution in [3.8, 4) is 0 Å². The summed E-state index contributed by atoms with van der Waals surface area (Å²) in [5.74, 6) is 0.0573. The fourth-order valence-corrected chi connectivity index (χ4v) is 3.19. The van der Waals surface area contributed by atoms with Gasteiger partial charge in [-0.15, -0.1) is 0 Å². The minimum atomic E-state index is -0.478. The van der Waals surface area contributed by atoms with Gasteiger partial charge in [-0.1, -0.05) is 29.7 Å². The summed E-state index contributed by atoms with van der Waals surface area (Å²) in [6.07, 6.45) is -0.0716. The molecule has 0 saturated carbocycles. The van der Waals surface area contributed by atoms with Crippen LogP contribution in [0.2, 0.25) is 0 Å². The largest absolute Gasteiger partial charge is 0.395 e. The highest BCUT2D eigenvalue weighted by molar-refractivity contribution is 6.32. The monoisotopic (exact) mass is 383 g/mol. The molecule has 0 atom stereocenters. The number of carbonyl (C=O) groups is 1. The molecule has 0 aliphatic heterocycles. The smallest absolute Gasteiger partial charge is 0.332 e. The van der Waals surface area contributed by atoms with Crippen molar-refractivity contribution < 1.29 is 9.90 Å². The van der Waals surface area contributed by atoms with E-state index in [-0.39, 0.29) is 36.6 Å². The van der Waals surface area contributed by atoms with Gasteiger partial charge in [0, 0.05) is 27.2 Å². The third-order valence-electron chi connectivity index (χ3n) is 4.60. The maximum Gasteiger partial charge on any atom is 0.332 e. The summed E-state index contributed by atoms with van der Waals surface area (Å²) in [5.41, 5.74) is 1.60. The fourth-order valence-electron chi connectivity index (χ4n) is 3.19. The summed E-state index contributed by atoms with van der Waals surface area (Å²) >= 11 is 0. The molecule has 1 aromatic carbocycles. The van der Waals surface area contributed by atoms with E-state index in [1.54, 1.807) is 11.6 Å². The first kappa shape index (κ1) is 19.6. The Morgan fingerprint density at radius 2 is 2.00 bits per heavy atom. The summed E-state index contributed by atoms with van der Waals surface area (Å²) < 4.78 is 4.02. The van der Waals surface area contributed by atoms with Crippen LogP contribution in [-0.4, -0.2) is 50.7 Å². The first-order valence-electron chi connectivity index (χ1n) is 8.91. The van der Waals surface area contributed by atoms with Crippen molar-refractivity contribution in [2.24, 2.45) is 14.1 Å². The molecule has 0 saturated heterocycles. The number of aliphatic hydroxyl groups excluding tert-OH is 1. The van der Waals surface area contributed by atoms with Gasteiger partial charge < -0.3 is 15.0 Å². The molecule has 9 nitrogen and oxygen atoms in total. The van der Waals surface area contributed by atoms with Crippen LogP contribution in [0.15, 0.2) is 33.9 Å². The van der Waals surface area contributed by atoms with Gasteiger partial charge in [-0.05, 0) is 5.56 Å². The number of nitrogens with zero attached hydrogens (tertiary/aromatic N) is 4. The predicted molar refractivity (Wildman–Crippen MR) is 108 cm³/mol. The van der Waals surface area contributed by atoms with Gasteiger partial charge >= 0.3 is 5.69 Å². The molecule has 0 radical (unpaired) electrons. The van der Waals surface area contributed by atoms with Gasteiger partial charge in [0.25, 0.3) is 5.56 Å². The van der Waals surface area contributed by atoms with E-state index in [1.165, 1.54) is 11.6 Å². The van der Waals surface area contributed by atoms with E-state index in [4.69, 9.17) is 5.11 Å². The summed E-state index contributed by atoms with van der Waals surface area (Å²) in [5, 5.41) is 11.5. The van der Waals surface area contributed by atoms with Crippen molar-refractivity contribution in [1.82, 2.24) is 24.0 Å². The van der Waals surface area contributed by atoms with Crippen molar-refractivity contribution in [3.63, 3.8) is 0 Å². The minimum absolute atomic E-state index is 0.0716. The Morgan fingerprint density at radius 1 is 1.25 bits per heavy atom. The van der Waals surface area contributed by atoms with E-state index < -0.39 is 11.2 Å². The number of rotatable bonds is 6. The van der Waals surface area contributed by atoms with E-state index in [0.717, 1.165) is 15.6 Å². The number of aliphatic hydroxyl groups is 1. The first-order chi connectivity index (χ1) is 13.3. The second-order valence-electron chi connectivity index (χ2n) is 6.73. The summed E-state index contributed by atoms with van der Waals surface area (Å²) in [4.78, 5) is 41.7. The molecular formula is C18H22BN5O4. The van der Waals surface area contributed by atoms with Crippen LogP contribution in [0.4, 0.5) is 0 Å². The fraction of sp³-hybridized carbons (Fsp3) is 0.333. The summed E-state index contributed by atoms with van der Waals surface area (Å²) in [6.45, 7) is 0.311. The molecule has 146 valence electrons. The van der Waals surface area contributed by atoms with Gasteiger partial charge in [-0.25, -0.2) is 9.78 Å². The third-order valence-corrected chi connectivity index (χ3v) is 4.60. The molecule has 10 heteroatoms. The van der Waals surface area contributed by atoms with Crippen molar-refractivity contribution in [2.45, 2.75) is 13.0 Å². The second-order valence-corrected chi connectivity index (χ2v) is 6.73. The molecule has 2 N–H and O–H groups in total. The van der Waals surface area contributed by atoms with Crippen LogP contribution in [0, 0.1) is 0 Å². The van der Waals surface area contributed by atoms with Gasteiger partial charge in [0.2, 0.25) is 5.91 Å². The van der Waals surface area contributed by atoms with Crippen molar-refractivity contribution in [3.05, 3.63) is 56.5 Å². The zero-order chi connectivity index (χ0) is 20.4. The average Bonchev–Trinajstić information content (AvgIpc) is 3.01. The highest BCUT2D eigenvalue weighted by Gasteiger charge is 2.20. The number of aromatic nitrogens is 4. The lowest BCUT2D eigenvalue weighted by Crippen LogP contribution is -2.37. The van der Waals surface area contributed by atoms with Gasteiger partial charge in [0.1, 0.15) is 13.7 Å². The Balaban J connectivity index is 2.19. The Hall–Kier alpha value is -3.14. The molecule has 0 bridgehead atoms. The number of hydrogen-bond acceptors (Lipinski definition) is 5. The maximum absolute atomic E-state index is 12.8. The van der Waals surface area contributed by atoms with Crippen LogP contribution >= 0.6 is 0 Å². The second kappa shape index (κ2) is 7.85. The zero-order valence-corrected chi connectivity index (χ0v) is 16.1. The van der Waals surface area contributed by atoms with Crippen LogP contribution in [0.25, 0.3) is 11.2 Å². The molecule has 3 aromatic rings. The number of carbonyl (C=O) groups excluding carboxylic acids is 1. The van der Waals surface area contributed by atoms with E-state index >= 15 is 0 Å². The molecule has 0 aliphatic rings. The number of amides is 1. The van der Waals surface area contributed by atoms with E-state index in [1.807, 2.05) is 32.1 Å². The molecular weight excluding hydrogens is 361 g/mol. The number of fused-ring (bicyclic) bond motifs is 1. The molecule has 0 unspecified atom stereocenters. The number of benzene rings is 1. The molecule has 0 fully saturated rings. The Bertz CT molecular complexity index is 1160. The Labute approximate surface area is 161 Å². The van der Waals surface area contributed by atoms with Crippen molar-refractivity contribution >= 4 is 30.4 Å². The van der Waals surface area contributed by atoms with Crippen LogP contribution in [0.5, 0.6) is 0 Å². The topological polar surface area (TPSA) is 111 Å². The van der Waals surface area contributed by atoms with Gasteiger partial charge in [-0.2, -0.15) is 0 Å². The Morgan fingerprint density at radius 3 is 2.68 bits per heavy atom. The molecule has 2 heterocycles. The lowest BCUT2D eigenvalue weighted by Gasteiger charge is -2.10. The molecule has 28 heavy (non-hydrogen) atoms. The number of hydrogen-bond donors (Lipinski definition) is 2. The van der Waals surface area contributed by atoms with Crippen molar-refractivity contribution in [1.29, 1.82) is 0 Å². The number of aryl methyl sites for hydroxylation is 1. The van der Waals surface area contributed by atoms with E-state index in [2.05, 4.69) is 10.3 Å². The molecule has 0 aliphatic carbocycles. The third kappa shape index (κ3) is 3.63.